The zero-order chi connectivity index (χ0) is 12.1. The van der Waals surface area contributed by atoms with Crippen LogP contribution >= 0.6 is 7.92 Å². The first-order valence-corrected chi connectivity index (χ1v) is 9.69. The molecule has 1 saturated carbocycles. The van der Waals surface area contributed by atoms with Gasteiger partial charge in [0.15, 0.2) is 0 Å². The van der Waals surface area contributed by atoms with Gasteiger partial charge in [0.05, 0.1) is 0 Å². The van der Waals surface area contributed by atoms with E-state index in [1.807, 2.05) is 0 Å². The van der Waals surface area contributed by atoms with Crippen LogP contribution in [0.25, 0.3) is 0 Å². The third-order valence-electron chi connectivity index (χ3n) is 4.92. The van der Waals surface area contributed by atoms with Gasteiger partial charge in [-0.25, -0.2) is 0 Å². The molecule has 0 aromatic rings. The maximum Gasteiger partial charge on any atom is -0.0204 e. The van der Waals surface area contributed by atoms with Gasteiger partial charge in [-0.1, -0.05) is 53.9 Å². The molecule has 100 valence electrons. The smallest absolute Gasteiger partial charge is 0.0204 e. The molecule has 1 saturated heterocycles. The van der Waals surface area contributed by atoms with E-state index >= 15 is 0 Å². The minimum atomic E-state index is 0.398. The van der Waals surface area contributed by atoms with Crippen molar-refractivity contribution in [2.24, 2.45) is 0 Å². The van der Waals surface area contributed by atoms with Gasteiger partial charge in [-0.2, -0.15) is 0 Å². The van der Waals surface area contributed by atoms with Gasteiger partial charge in [-0.3, -0.25) is 0 Å². The highest BCUT2D eigenvalue weighted by Crippen LogP contribution is 2.64. The van der Waals surface area contributed by atoms with Crippen molar-refractivity contribution in [3.8, 4) is 0 Å². The molecule has 0 aromatic carbocycles. The van der Waals surface area contributed by atoms with E-state index in [1.54, 1.807) is 51.4 Å². The van der Waals surface area contributed by atoms with Gasteiger partial charge in [0.25, 0.3) is 0 Å². The van der Waals surface area contributed by atoms with Crippen LogP contribution in [0.5, 0.6) is 0 Å². The Kier molecular flexibility index (Phi) is 5.81. The van der Waals surface area contributed by atoms with Gasteiger partial charge in [0, 0.05) is 0 Å². The lowest BCUT2D eigenvalue weighted by Gasteiger charge is -2.36. The predicted molar refractivity (Wildman–Crippen MR) is 80.4 cm³/mol. The zero-order valence-electron chi connectivity index (χ0n) is 12.0. The predicted octanol–water partition coefficient (Wildman–Crippen LogP) is 5.93. The maximum atomic E-state index is 2.39. The molecule has 2 fully saturated rings. The van der Waals surface area contributed by atoms with E-state index in [1.165, 1.54) is 24.9 Å². The first-order chi connectivity index (χ1) is 8.36. The summed E-state index contributed by atoms with van der Waals surface area (Å²) in [5.41, 5.74) is 3.50. The van der Waals surface area contributed by atoms with Crippen LogP contribution in [0.4, 0.5) is 0 Å². The minimum Gasteiger partial charge on any atom is -0.0971 e. The maximum absolute atomic E-state index is 2.39. The second-order valence-corrected chi connectivity index (χ2v) is 9.29. The Morgan fingerprint density at radius 3 is 1.76 bits per heavy atom. The van der Waals surface area contributed by atoms with Crippen LogP contribution in [0, 0.1) is 0 Å². The van der Waals surface area contributed by atoms with Gasteiger partial charge >= 0.3 is 0 Å². The fourth-order valence-electron chi connectivity index (χ4n) is 4.21. The van der Waals surface area contributed by atoms with Crippen LogP contribution in [0.3, 0.4) is 0 Å². The van der Waals surface area contributed by atoms with Crippen molar-refractivity contribution in [2.45, 2.75) is 101 Å². The standard InChI is InChI=1S/C16H31P/c1-3-8-14-12-13-15(9-4-2)17(14)16-10-6-5-7-11-16/h14-16H,3-13H2,1-2H3. The van der Waals surface area contributed by atoms with Gasteiger partial charge in [-0.15, -0.1) is 0 Å². The second-order valence-electron chi connectivity index (χ2n) is 6.20. The minimum absolute atomic E-state index is 0.398. The summed E-state index contributed by atoms with van der Waals surface area (Å²) in [5, 5.41) is 0. The van der Waals surface area contributed by atoms with Crippen LogP contribution in [0.2, 0.25) is 0 Å². The molecule has 0 radical (unpaired) electrons. The third-order valence-corrected chi connectivity index (χ3v) is 9.00. The van der Waals surface area contributed by atoms with Crippen LogP contribution in [0.15, 0.2) is 0 Å². The van der Waals surface area contributed by atoms with E-state index in [4.69, 9.17) is 0 Å². The van der Waals surface area contributed by atoms with E-state index in [0.29, 0.717) is 7.92 Å². The van der Waals surface area contributed by atoms with E-state index in [9.17, 15) is 0 Å². The van der Waals surface area contributed by atoms with Gasteiger partial charge in [0.2, 0.25) is 0 Å². The van der Waals surface area contributed by atoms with E-state index < -0.39 is 0 Å². The molecule has 1 aliphatic carbocycles. The molecule has 0 bridgehead atoms. The van der Waals surface area contributed by atoms with Crippen LogP contribution in [-0.4, -0.2) is 17.0 Å². The average molecular weight is 254 g/mol. The molecule has 17 heavy (non-hydrogen) atoms. The second kappa shape index (κ2) is 7.13. The highest BCUT2D eigenvalue weighted by atomic mass is 31.1. The summed E-state index contributed by atoms with van der Waals surface area (Å²) >= 11 is 0. The van der Waals surface area contributed by atoms with Crippen molar-refractivity contribution in [1.82, 2.24) is 0 Å². The van der Waals surface area contributed by atoms with E-state index in [-0.39, 0.29) is 0 Å². The number of rotatable bonds is 5. The van der Waals surface area contributed by atoms with Crippen molar-refractivity contribution in [2.75, 3.05) is 0 Å². The first kappa shape index (κ1) is 13.9. The van der Waals surface area contributed by atoms with Crippen LogP contribution in [-0.2, 0) is 0 Å². The molecule has 2 rings (SSSR count). The molecule has 0 N–H and O–H groups in total. The molecule has 2 aliphatic rings. The quantitative estimate of drug-likeness (QED) is 0.533. The SMILES string of the molecule is CCCC1CCC(CCC)P1C1CCCCC1. The highest BCUT2D eigenvalue weighted by Gasteiger charge is 2.39. The Balaban J connectivity index is 1.99. The van der Waals surface area contributed by atoms with Crippen molar-refractivity contribution in [1.29, 1.82) is 0 Å². The Bertz CT molecular complexity index is 194. The summed E-state index contributed by atoms with van der Waals surface area (Å²) in [7, 11) is 0.398. The summed E-state index contributed by atoms with van der Waals surface area (Å²) in [6.45, 7) is 4.78. The lowest BCUT2D eigenvalue weighted by Crippen LogP contribution is -2.19. The third kappa shape index (κ3) is 3.46. The largest absolute Gasteiger partial charge is 0.0971 e. The van der Waals surface area contributed by atoms with E-state index in [0.717, 1.165) is 11.3 Å². The molecule has 1 aliphatic heterocycles. The monoisotopic (exact) mass is 254 g/mol. The Morgan fingerprint density at radius 2 is 1.29 bits per heavy atom. The number of hydrogen-bond acceptors (Lipinski definition) is 0. The lowest BCUT2D eigenvalue weighted by atomic mass is 10.0. The Labute approximate surface area is 110 Å². The van der Waals surface area contributed by atoms with Gasteiger partial charge in [0.1, 0.15) is 0 Å². The van der Waals surface area contributed by atoms with Gasteiger partial charge < -0.3 is 0 Å². The summed E-state index contributed by atoms with van der Waals surface area (Å²) in [5.74, 6) is 0. The molecule has 0 nitrogen and oxygen atoms in total. The molecule has 0 amide bonds. The molecular weight excluding hydrogens is 223 g/mol. The topological polar surface area (TPSA) is 0 Å². The first-order valence-electron chi connectivity index (χ1n) is 8.14. The summed E-state index contributed by atoms with van der Waals surface area (Å²) in [6, 6.07) is 0. The Morgan fingerprint density at radius 1 is 0.765 bits per heavy atom. The van der Waals surface area contributed by atoms with Crippen molar-refractivity contribution in [3.63, 3.8) is 0 Å². The number of hydrogen-bond donors (Lipinski definition) is 0. The fraction of sp³-hybridized carbons (Fsp3) is 1.00. The molecule has 0 aromatic heterocycles. The fourth-order valence-corrected chi connectivity index (χ4v) is 8.97. The summed E-state index contributed by atoms with van der Waals surface area (Å²) in [6.07, 6.45) is 16.9. The van der Waals surface area contributed by atoms with Crippen molar-refractivity contribution >= 4 is 7.92 Å². The normalized spacial score (nSPS) is 35.3. The summed E-state index contributed by atoms with van der Waals surface area (Å²) < 4.78 is 0. The Hall–Kier alpha value is 0.430. The van der Waals surface area contributed by atoms with Gasteiger partial charge in [-0.05, 0) is 55.5 Å². The zero-order valence-corrected chi connectivity index (χ0v) is 12.9. The highest BCUT2D eigenvalue weighted by molar-refractivity contribution is 7.60. The summed E-state index contributed by atoms with van der Waals surface area (Å²) in [4.78, 5) is 0. The van der Waals surface area contributed by atoms with Crippen molar-refractivity contribution < 1.29 is 0 Å². The average Bonchev–Trinajstić information content (AvgIpc) is 2.74. The molecule has 0 spiro atoms. The van der Waals surface area contributed by atoms with Crippen molar-refractivity contribution in [3.05, 3.63) is 0 Å². The molecule has 2 unspecified atom stereocenters. The molecule has 1 heterocycles. The molecule has 1 heteroatoms. The molecule has 2 atom stereocenters. The lowest BCUT2D eigenvalue weighted by molar-refractivity contribution is 0.506. The van der Waals surface area contributed by atoms with Crippen LogP contribution < -0.4 is 0 Å². The van der Waals surface area contributed by atoms with E-state index in [2.05, 4.69) is 13.8 Å². The molecular formula is C16H31P. The van der Waals surface area contributed by atoms with Crippen LogP contribution in [0.1, 0.15) is 84.5 Å².